The van der Waals surface area contributed by atoms with Gasteiger partial charge < -0.3 is 0 Å². The van der Waals surface area contributed by atoms with E-state index in [4.69, 9.17) is 0 Å². The van der Waals surface area contributed by atoms with Crippen molar-refractivity contribution in [1.82, 2.24) is 0 Å². The normalized spacial score (nSPS) is 30.7. The number of ketones is 1. The van der Waals surface area contributed by atoms with Crippen LogP contribution in [0.25, 0.3) is 0 Å². The minimum Gasteiger partial charge on any atom is -0.299 e. The van der Waals surface area contributed by atoms with Gasteiger partial charge in [0.15, 0.2) is 0 Å². The first-order valence-electron chi connectivity index (χ1n) is 8.42. The van der Waals surface area contributed by atoms with E-state index in [0.29, 0.717) is 24.0 Å². The number of carbonyl (C=O) groups is 1. The molecular formula is C20H32O. The average Bonchev–Trinajstić information content (AvgIpc) is 2.36. The molecule has 0 aromatic heterocycles. The smallest absolute Gasteiger partial charge is 0.137 e. The molecule has 0 spiro atoms. The van der Waals surface area contributed by atoms with Gasteiger partial charge in [-0.3, -0.25) is 4.79 Å². The molecule has 0 amide bonds. The van der Waals surface area contributed by atoms with Gasteiger partial charge in [0.25, 0.3) is 0 Å². The second kappa shape index (κ2) is 9.02. The largest absolute Gasteiger partial charge is 0.299 e. The zero-order chi connectivity index (χ0) is 15.8. The van der Waals surface area contributed by atoms with E-state index in [1.165, 1.54) is 16.7 Å². The van der Waals surface area contributed by atoms with Crippen LogP contribution in [-0.2, 0) is 4.79 Å². The van der Waals surface area contributed by atoms with Crippen molar-refractivity contribution in [3.05, 3.63) is 34.9 Å². The zero-order valence-corrected chi connectivity index (χ0v) is 14.5. The Morgan fingerprint density at radius 2 is 1.81 bits per heavy atom. The molecule has 1 aliphatic carbocycles. The van der Waals surface area contributed by atoms with Gasteiger partial charge in [0, 0.05) is 12.8 Å². The second-order valence-corrected chi connectivity index (χ2v) is 7.06. The van der Waals surface area contributed by atoms with E-state index in [1.807, 2.05) is 0 Å². The Labute approximate surface area is 131 Å². The van der Waals surface area contributed by atoms with Crippen LogP contribution in [0, 0.1) is 11.8 Å². The predicted molar refractivity (Wildman–Crippen MR) is 92.3 cm³/mol. The molecule has 1 rings (SSSR count). The first-order valence-corrected chi connectivity index (χ1v) is 8.42. The fourth-order valence-corrected chi connectivity index (χ4v) is 2.80. The van der Waals surface area contributed by atoms with E-state index < -0.39 is 0 Å². The minimum atomic E-state index is 0.383. The van der Waals surface area contributed by atoms with Crippen LogP contribution in [0.15, 0.2) is 34.9 Å². The van der Waals surface area contributed by atoms with Gasteiger partial charge in [-0.15, -0.1) is 0 Å². The lowest BCUT2D eigenvalue weighted by Gasteiger charge is -2.13. The van der Waals surface area contributed by atoms with E-state index in [1.54, 1.807) is 0 Å². The fraction of sp³-hybridized carbons (Fsp3) is 0.650. The van der Waals surface area contributed by atoms with E-state index in [-0.39, 0.29) is 0 Å². The Kier molecular flexibility index (Phi) is 7.71. The standard InChI is InChI=1S/C20H32O/c1-15(2)19-11-9-16(3)7-6-8-17(4)13-20(21)14-18(5)10-12-19/h7,10,12,15,17H,6,8-9,11,13-14H2,1-5H3/b16-7+,18-10-,19-12+/t17-/m0/s1. The monoisotopic (exact) mass is 288 g/mol. The maximum atomic E-state index is 12.1. The number of hydrogen-bond acceptors (Lipinski definition) is 1. The van der Waals surface area contributed by atoms with Crippen LogP contribution in [0.2, 0.25) is 0 Å². The summed E-state index contributed by atoms with van der Waals surface area (Å²) in [6.07, 6.45) is 12.6. The predicted octanol–water partition coefficient (Wildman–Crippen LogP) is 6.02. The maximum Gasteiger partial charge on any atom is 0.137 e. The van der Waals surface area contributed by atoms with Crippen LogP contribution >= 0.6 is 0 Å². The first kappa shape index (κ1) is 17.9. The lowest BCUT2D eigenvalue weighted by atomic mass is 9.92. The molecule has 0 aliphatic heterocycles. The summed E-state index contributed by atoms with van der Waals surface area (Å²) in [6, 6.07) is 0. The number of rotatable bonds is 1. The molecule has 21 heavy (non-hydrogen) atoms. The van der Waals surface area contributed by atoms with Gasteiger partial charge in [0.1, 0.15) is 5.78 Å². The van der Waals surface area contributed by atoms with Crippen molar-refractivity contribution in [2.24, 2.45) is 11.8 Å². The van der Waals surface area contributed by atoms with Crippen LogP contribution in [-0.4, -0.2) is 5.78 Å². The van der Waals surface area contributed by atoms with Gasteiger partial charge >= 0.3 is 0 Å². The van der Waals surface area contributed by atoms with Crippen molar-refractivity contribution >= 4 is 5.78 Å². The molecule has 1 nitrogen and oxygen atoms in total. The summed E-state index contributed by atoms with van der Waals surface area (Å²) in [5.74, 6) is 1.46. The number of hydrogen-bond donors (Lipinski definition) is 0. The highest BCUT2D eigenvalue weighted by molar-refractivity contribution is 5.80. The fourth-order valence-electron chi connectivity index (χ4n) is 2.80. The molecule has 1 heteroatoms. The third kappa shape index (κ3) is 7.45. The molecular weight excluding hydrogens is 256 g/mol. The first-order chi connectivity index (χ1) is 9.88. The molecule has 1 aliphatic rings. The van der Waals surface area contributed by atoms with Gasteiger partial charge in [-0.25, -0.2) is 0 Å². The molecule has 0 heterocycles. The second-order valence-electron chi connectivity index (χ2n) is 7.06. The van der Waals surface area contributed by atoms with Crippen molar-refractivity contribution in [1.29, 1.82) is 0 Å². The summed E-state index contributed by atoms with van der Waals surface area (Å²) in [7, 11) is 0. The van der Waals surface area contributed by atoms with Crippen molar-refractivity contribution in [3.63, 3.8) is 0 Å². The Hall–Kier alpha value is -1.11. The van der Waals surface area contributed by atoms with Crippen molar-refractivity contribution in [3.8, 4) is 0 Å². The summed E-state index contributed by atoms with van der Waals surface area (Å²) in [6.45, 7) is 11.0. The highest BCUT2D eigenvalue weighted by Gasteiger charge is 2.10. The van der Waals surface area contributed by atoms with Crippen molar-refractivity contribution in [2.45, 2.75) is 73.1 Å². The van der Waals surface area contributed by atoms with E-state index >= 15 is 0 Å². The molecule has 0 aromatic carbocycles. The van der Waals surface area contributed by atoms with E-state index in [0.717, 1.165) is 32.1 Å². The van der Waals surface area contributed by atoms with Crippen LogP contribution in [0.4, 0.5) is 0 Å². The molecule has 1 atom stereocenters. The topological polar surface area (TPSA) is 17.1 Å². The molecule has 118 valence electrons. The van der Waals surface area contributed by atoms with E-state index in [2.05, 4.69) is 52.8 Å². The lowest BCUT2D eigenvalue weighted by Crippen LogP contribution is -2.06. The maximum absolute atomic E-state index is 12.1. The number of Topliss-reactive ketones (excluding diaryl/α,β-unsaturated/α-hetero) is 1. The molecule has 0 bridgehead atoms. The summed E-state index contributed by atoms with van der Waals surface area (Å²) in [5.41, 5.74) is 4.16. The quantitative estimate of drug-likeness (QED) is 0.539. The Morgan fingerprint density at radius 3 is 2.48 bits per heavy atom. The van der Waals surface area contributed by atoms with Gasteiger partial charge in [0.2, 0.25) is 0 Å². The van der Waals surface area contributed by atoms with Crippen molar-refractivity contribution in [2.75, 3.05) is 0 Å². The molecule has 0 unspecified atom stereocenters. The van der Waals surface area contributed by atoms with Crippen LogP contribution in [0.1, 0.15) is 73.1 Å². The Bertz CT molecular complexity index is 435. The summed E-state index contributed by atoms with van der Waals surface area (Å²) >= 11 is 0. The highest BCUT2D eigenvalue weighted by Crippen LogP contribution is 2.22. The van der Waals surface area contributed by atoms with Crippen LogP contribution < -0.4 is 0 Å². The molecule has 0 fully saturated rings. The Morgan fingerprint density at radius 1 is 1.10 bits per heavy atom. The highest BCUT2D eigenvalue weighted by atomic mass is 16.1. The number of carbonyl (C=O) groups excluding carboxylic acids is 1. The van der Waals surface area contributed by atoms with Gasteiger partial charge in [-0.2, -0.15) is 0 Å². The molecule has 0 aromatic rings. The van der Waals surface area contributed by atoms with E-state index in [9.17, 15) is 4.79 Å². The van der Waals surface area contributed by atoms with Gasteiger partial charge in [-0.05, 0) is 51.4 Å². The lowest BCUT2D eigenvalue weighted by molar-refractivity contribution is -0.119. The Balaban J connectivity index is 2.91. The third-order valence-corrected chi connectivity index (χ3v) is 4.34. The summed E-state index contributed by atoms with van der Waals surface area (Å²) in [5, 5.41) is 0. The summed E-state index contributed by atoms with van der Waals surface area (Å²) < 4.78 is 0. The van der Waals surface area contributed by atoms with Gasteiger partial charge in [0.05, 0.1) is 0 Å². The van der Waals surface area contributed by atoms with Crippen LogP contribution in [0.5, 0.6) is 0 Å². The molecule has 0 N–H and O–H groups in total. The zero-order valence-electron chi connectivity index (χ0n) is 14.5. The summed E-state index contributed by atoms with van der Waals surface area (Å²) in [4.78, 5) is 12.1. The van der Waals surface area contributed by atoms with Gasteiger partial charge in [-0.1, -0.05) is 55.7 Å². The SMILES string of the molecule is C/C1=C/C=C(/C(C)C)CC/C(C)=C/CC[C@H](C)CC(=O)C1. The molecule has 0 radical (unpaired) electrons. The van der Waals surface area contributed by atoms with Crippen molar-refractivity contribution < 1.29 is 4.79 Å². The average molecular weight is 288 g/mol. The number of allylic oxidation sites excluding steroid dienone is 6. The minimum absolute atomic E-state index is 0.383. The third-order valence-electron chi connectivity index (χ3n) is 4.34. The van der Waals surface area contributed by atoms with Crippen LogP contribution in [0.3, 0.4) is 0 Å². The molecule has 0 saturated carbocycles. The molecule has 0 saturated heterocycles.